The zero-order valence-electron chi connectivity index (χ0n) is 11.9. The first-order chi connectivity index (χ1) is 10.3. The van der Waals surface area contributed by atoms with Crippen molar-refractivity contribution in [3.8, 4) is 0 Å². The third kappa shape index (κ3) is 2.94. The lowest BCUT2D eigenvalue weighted by Crippen LogP contribution is -2.01. The smallest absolute Gasteiger partial charge is 0.106 e. The summed E-state index contributed by atoms with van der Waals surface area (Å²) in [6, 6.07) is 17.7. The van der Waals surface area contributed by atoms with Crippen LogP contribution in [-0.2, 0) is 11.3 Å². The maximum absolute atomic E-state index is 10.6. The topological polar surface area (TPSA) is 42.4 Å². The van der Waals surface area contributed by atoms with Gasteiger partial charge in [-0.25, -0.2) is 0 Å². The lowest BCUT2D eigenvalue weighted by molar-refractivity contribution is 0.184. The minimum Gasteiger partial charge on any atom is -0.384 e. The van der Waals surface area contributed by atoms with Gasteiger partial charge in [-0.15, -0.1) is 0 Å². The Bertz CT molecular complexity index is 755. The maximum Gasteiger partial charge on any atom is 0.106 e. The van der Waals surface area contributed by atoms with Crippen molar-refractivity contribution in [2.24, 2.45) is 0 Å². The van der Waals surface area contributed by atoms with Crippen molar-refractivity contribution in [1.29, 1.82) is 0 Å². The average Bonchev–Trinajstić information content (AvgIpc) is 2.54. The highest BCUT2D eigenvalue weighted by molar-refractivity contribution is 5.78. The van der Waals surface area contributed by atoms with Crippen LogP contribution >= 0.6 is 0 Å². The first kappa shape index (κ1) is 13.7. The fraction of sp³-hybridized carbons (Fsp3) is 0.167. The molecule has 0 saturated carbocycles. The van der Waals surface area contributed by atoms with Crippen LogP contribution in [0.4, 0.5) is 0 Å². The summed E-state index contributed by atoms with van der Waals surface area (Å²) in [5, 5.41) is 11.6. The van der Waals surface area contributed by atoms with Gasteiger partial charge in [0.05, 0.1) is 12.1 Å². The number of fused-ring (bicyclic) bond motifs is 1. The molecule has 21 heavy (non-hydrogen) atoms. The highest BCUT2D eigenvalue weighted by Gasteiger charge is 2.12. The Kier molecular flexibility index (Phi) is 3.95. The molecule has 1 N–H and O–H groups in total. The van der Waals surface area contributed by atoms with Gasteiger partial charge in [0.1, 0.15) is 6.10 Å². The van der Waals surface area contributed by atoms with Gasteiger partial charge in [0, 0.05) is 24.3 Å². The van der Waals surface area contributed by atoms with E-state index in [-0.39, 0.29) is 0 Å². The summed E-state index contributed by atoms with van der Waals surface area (Å²) in [5.74, 6) is 0. The molecule has 2 aromatic carbocycles. The number of methoxy groups -OCH3 is 1. The van der Waals surface area contributed by atoms with Crippen LogP contribution in [0.5, 0.6) is 0 Å². The number of ether oxygens (including phenoxy) is 1. The number of pyridine rings is 1. The number of aliphatic hydroxyl groups excluding tert-OH is 1. The Balaban J connectivity index is 1.95. The SMILES string of the molecule is COCc1cccc(C(O)c2cnc3ccccc3c2)c1. The van der Waals surface area contributed by atoms with E-state index in [0.717, 1.165) is 27.6 Å². The second-order valence-electron chi connectivity index (χ2n) is 5.04. The summed E-state index contributed by atoms with van der Waals surface area (Å²) in [4.78, 5) is 4.40. The number of hydrogen-bond donors (Lipinski definition) is 1. The van der Waals surface area contributed by atoms with Gasteiger partial charge in [0.15, 0.2) is 0 Å². The first-order valence-corrected chi connectivity index (χ1v) is 6.88. The fourth-order valence-corrected chi connectivity index (χ4v) is 2.45. The summed E-state index contributed by atoms with van der Waals surface area (Å²) < 4.78 is 5.13. The number of rotatable bonds is 4. The van der Waals surface area contributed by atoms with Crippen molar-refractivity contribution in [2.45, 2.75) is 12.7 Å². The average molecular weight is 279 g/mol. The molecule has 0 amide bonds. The molecule has 0 fully saturated rings. The molecule has 3 nitrogen and oxygen atoms in total. The Morgan fingerprint density at radius 2 is 1.90 bits per heavy atom. The van der Waals surface area contributed by atoms with Crippen molar-refractivity contribution < 1.29 is 9.84 Å². The van der Waals surface area contributed by atoms with Gasteiger partial charge in [-0.3, -0.25) is 4.98 Å². The molecular weight excluding hydrogens is 262 g/mol. The third-order valence-electron chi connectivity index (χ3n) is 3.51. The van der Waals surface area contributed by atoms with Gasteiger partial charge < -0.3 is 9.84 Å². The molecule has 1 aromatic heterocycles. The minimum absolute atomic E-state index is 0.538. The van der Waals surface area contributed by atoms with Crippen molar-refractivity contribution in [1.82, 2.24) is 4.98 Å². The number of aliphatic hydroxyl groups is 1. The van der Waals surface area contributed by atoms with E-state index in [1.165, 1.54) is 0 Å². The molecular formula is C18H17NO2. The molecule has 0 aliphatic rings. The van der Waals surface area contributed by atoms with Gasteiger partial charge in [-0.1, -0.05) is 42.5 Å². The Labute approximate surface area is 123 Å². The van der Waals surface area contributed by atoms with Gasteiger partial charge in [-0.2, -0.15) is 0 Å². The van der Waals surface area contributed by atoms with Crippen LogP contribution in [0.3, 0.4) is 0 Å². The van der Waals surface area contributed by atoms with E-state index in [1.54, 1.807) is 13.3 Å². The molecule has 1 unspecified atom stereocenters. The monoisotopic (exact) mass is 279 g/mol. The summed E-state index contributed by atoms with van der Waals surface area (Å²) in [6.07, 6.45) is 1.05. The van der Waals surface area contributed by atoms with E-state index < -0.39 is 6.10 Å². The Morgan fingerprint density at radius 3 is 2.76 bits per heavy atom. The normalized spacial score (nSPS) is 12.5. The summed E-state index contributed by atoms with van der Waals surface area (Å²) in [6.45, 7) is 0.538. The van der Waals surface area contributed by atoms with E-state index >= 15 is 0 Å². The number of aromatic nitrogens is 1. The highest BCUT2D eigenvalue weighted by Crippen LogP contribution is 2.24. The molecule has 1 heterocycles. The molecule has 0 bridgehead atoms. The summed E-state index contributed by atoms with van der Waals surface area (Å²) in [5.41, 5.74) is 3.62. The van der Waals surface area contributed by atoms with Gasteiger partial charge in [-0.05, 0) is 23.3 Å². The molecule has 3 heteroatoms. The van der Waals surface area contributed by atoms with E-state index in [9.17, 15) is 5.11 Å². The van der Waals surface area contributed by atoms with Crippen LogP contribution < -0.4 is 0 Å². The molecule has 3 aromatic rings. The molecule has 1 atom stereocenters. The largest absolute Gasteiger partial charge is 0.384 e. The molecule has 0 aliphatic carbocycles. The second-order valence-corrected chi connectivity index (χ2v) is 5.04. The molecule has 3 rings (SSSR count). The van der Waals surface area contributed by atoms with E-state index in [2.05, 4.69) is 4.98 Å². The highest BCUT2D eigenvalue weighted by atomic mass is 16.5. The van der Waals surface area contributed by atoms with E-state index in [1.807, 2.05) is 54.6 Å². The number of benzene rings is 2. The number of hydrogen-bond acceptors (Lipinski definition) is 3. The lowest BCUT2D eigenvalue weighted by Gasteiger charge is -2.13. The summed E-state index contributed by atoms with van der Waals surface area (Å²) >= 11 is 0. The van der Waals surface area contributed by atoms with Crippen LogP contribution in [0.25, 0.3) is 10.9 Å². The zero-order valence-corrected chi connectivity index (χ0v) is 11.9. The maximum atomic E-state index is 10.6. The van der Waals surface area contributed by atoms with Gasteiger partial charge in [0.2, 0.25) is 0 Å². The zero-order chi connectivity index (χ0) is 14.7. The number of nitrogens with zero attached hydrogens (tertiary/aromatic N) is 1. The van der Waals surface area contributed by atoms with Crippen molar-refractivity contribution in [2.75, 3.05) is 7.11 Å². The second kappa shape index (κ2) is 6.04. The van der Waals surface area contributed by atoms with E-state index in [4.69, 9.17) is 4.74 Å². The van der Waals surface area contributed by atoms with Crippen LogP contribution in [0.2, 0.25) is 0 Å². The molecule has 0 spiro atoms. The molecule has 106 valence electrons. The lowest BCUT2D eigenvalue weighted by atomic mass is 10.00. The predicted molar refractivity (Wildman–Crippen MR) is 83.0 cm³/mol. The van der Waals surface area contributed by atoms with Crippen LogP contribution in [0.1, 0.15) is 22.8 Å². The Morgan fingerprint density at radius 1 is 1.05 bits per heavy atom. The Hall–Kier alpha value is -2.23. The molecule has 0 saturated heterocycles. The summed E-state index contributed by atoms with van der Waals surface area (Å²) in [7, 11) is 1.66. The van der Waals surface area contributed by atoms with Crippen LogP contribution in [0, 0.1) is 0 Å². The molecule has 0 aliphatic heterocycles. The van der Waals surface area contributed by atoms with Crippen molar-refractivity contribution >= 4 is 10.9 Å². The molecule has 0 radical (unpaired) electrons. The van der Waals surface area contributed by atoms with Gasteiger partial charge in [0.25, 0.3) is 0 Å². The van der Waals surface area contributed by atoms with Crippen LogP contribution in [0.15, 0.2) is 60.8 Å². The number of para-hydroxylation sites is 1. The fourth-order valence-electron chi connectivity index (χ4n) is 2.45. The quantitative estimate of drug-likeness (QED) is 0.795. The predicted octanol–water partition coefficient (Wildman–Crippen LogP) is 3.46. The van der Waals surface area contributed by atoms with Crippen molar-refractivity contribution in [3.05, 3.63) is 77.5 Å². The first-order valence-electron chi connectivity index (χ1n) is 6.88. The van der Waals surface area contributed by atoms with Gasteiger partial charge >= 0.3 is 0 Å². The van der Waals surface area contributed by atoms with Crippen LogP contribution in [-0.4, -0.2) is 17.2 Å². The van der Waals surface area contributed by atoms with E-state index in [0.29, 0.717) is 6.61 Å². The standard InChI is InChI=1S/C18H17NO2/c1-21-12-13-5-4-7-15(9-13)18(20)16-10-14-6-2-3-8-17(14)19-11-16/h2-11,18,20H,12H2,1H3. The van der Waals surface area contributed by atoms with Crippen molar-refractivity contribution in [3.63, 3.8) is 0 Å². The minimum atomic E-state index is -0.682. The third-order valence-corrected chi connectivity index (χ3v) is 3.51.